The Balaban J connectivity index is 2.37. The standard InChI is InChI=1S/C11H20N2O2S2/c1-9-10(16-8-13-9)5-6-12-7-11(2,3)17(4,14)15/h8,12H,5-7H2,1-4H3. The van der Waals surface area contributed by atoms with Gasteiger partial charge in [-0.1, -0.05) is 0 Å². The van der Waals surface area contributed by atoms with Crippen LogP contribution in [0.15, 0.2) is 5.51 Å². The predicted molar refractivity (Wildman–Crippen MR) is 72.3 cm³/mol. The summed E-state index contributed by atoms with van der Waals surface area (Å²) in [5, 5.41) is 3.20. The Morgan fingerprint density at radius 1 is 1.47 bits per heavy atom. The largest absolute Gasteiger partial charge is 0.315 e. The molecule has 0 spiro atoms. The summed E-state index contributed by atoms with van der Waals surface area (Å²) in [5.41, 5.74) is 2.91. The van der Waals surface area contributed by atoms with Crippen LogP contribution in [0.1, 0.15) is 24.4 Å². The Hall–Kier alpha value is -0.460. The van der Waals surface area contributed by atoms with Crippen molar-refractivity contribution in [1.29, 1.82) is 0 Å². The van der Waals surface area contributed by atoms with Crippen LogP contribution in [0.4, 0.5) is 0 Å². The molecule has 6 heteroatoms. The van der Waals surface area contributed by atoms with Crippen molar-refractivity contribution in [2.45, 2.75) is 31.9 Å². The van der Waals surface area contributed by atoms with Crippen molar-refractivity contribution in [3.8, 4) is 0 Å². The molecule has 98 valence electrons. The Bertz CT molecular complexity index is 464. The first-order valence-electron chi connectivity index (χ1n) is 5.53. The Morgan fingerprint density at radius 2 is 2.12 bits per heavy atom. The van der Waals surface area contributed by atoms with Gasteiger partial charge in [0.15, 0.2) is 9.84 Å². The number of aryl methyl sites for hydroxylation is 1. The van der Waals surface area contributed by atoms with E-state index in [2.05, 4.69) is 10.3 Å². The maximum Gasteiger partial charge on any atom is 0.153 e. The summed E-state index contributed by atoms with van der Waals surface area (Å²) in [7, 11) is -3.02. The average Bonchev–Trinajstić information content (AvgIpc) is 2.57. The summed E-state index contributed by atoms with van der Waals surface area (Å²) in [4.78, 5) is 5.44. The van der Waals surface area contributed by atoms with Crippen molar-refractivity contribution >= 4 is 21.2 Å². The van der Waals surface area contributed by atoms with E-state index in [0.717, 1.165) is 18.7 Å². The van der Waals surface area contributed by atoms with E-state index in [-0.39, 0.29) is 0 Å². The number of thiazole rings is 1. The first kappa shape index (κ1) is 14.6. The van der Waals surface area contributed by atoms with Crippen LogP contribution in [0.5, 0.6) is 0 Å². The second kappa shape index (κ2) is 5.46. The van der Waals surface area contributed by atoms with E-state index in [4.69, 9.17) is 0 Å². The molecular weight excluding hydrogens is 256 g/mol. The van der Waals surface area contributed by atoms with Crippen LogP contribution in [-0.4, -0.2) is 37.5 Å². The zero-order valence-corrected chi connectivity index (χ0v) is 12.4. The SMILES string of the molecule is Cc1ncsc1CCNCC(C)(C)S(C)(=O)=O. The van der Waals surface area contributed by atoms with Crippen LogP contribution in [0.25, 0.3) is 0 Å². The smallest absolute Gasteiger partial charge is 0.153 e. The molecule has 0 unspecified atom stereocenters. The minimum atomic E-state index is -3.02. The van der Waals surface area contributed by atoms with Gasteiger partial charge in [0.2, 0.25) is 0 Å². The predicted octanol–water partition coefficient (Wildman–Crippen LogP) is 1.41. The van der Waals surface area contributed by atoms with Crippen LogP contribution in [0, 0.1) is 6.92 Å². The van der Waals surface area contributed by atoms with Gasteiger partial charge in [-0.25, -0.2) is 13.4 Å². The molecule has 4 nitrogen and oxygen atoms in total. The van der Waals surface area contributed by atoms with Gasteiger partial charge in [-0.3, -0.25) is 0 Å². The number of rotatable bonds is 6. The number of nitrogens with one attached hydrogen (secondary N) is 1. The lowest BCUT2D eigenvalue weighted by Gasteiger charge is -2.22. The van der Waals surface area contributed by atoms with E-state index in [0.29, 0.717) is 6.54 Å². The van der Waals surface area contributed by atoms with Crippen molar-refractivity contribution < 1.29 is 8.42 Å². The van der Waals surface area contributed by atoms with Crippen LogP contribution >= 0.6 is 11.3 Å². The molecule has 0 aliphatic carbocycles. The molecule has 0 aromatic carbocycles. The third-order valence-corrected chi connectivity index (χ3v) is 6.07. The van der Waals surface area contributed by atoms with Crippen molar-refractivity contribution in [3.05, 3.63) is 16.1 Å². The third kappa shape index (κ3) is 4.04. The van der Waals surface area contributed by atoms with Gasteiger partial charge in [0, 0.05) is 24.2 Å². The van der Waals surface area contributed by atoms with Crippen molar-refractivity contribution in [2.24, 2.45) is 0 Å². The highest BCUT2D eigenvalue weighted by atomic mass is 32.2. The monoisotopic (exact) mass is 276 g/mol. The molecule has 0 saturated heterocycles. The van der Waals surface area contributed by atoms with Gasteiger partial charge in [-0.05, 0) is 27.2 Å². The Morgan fingerprint density at radius 3 is 2.59 bits per heavy atom. The fraction of sp³-hybridized carbons (Fsp3) is 0.727. The minimum absolute atomic E-state index is 0.476. The number of aromatic nitrogens is 1. The lowest BCUT2D eigenvalue weighted by atomic mass is 10.2. The van der Waals surface area contributed by atoms with E-state index in [9.17, 15) is 8.42 Å². The summed E-state index contributed by atoms with van der Waals surface area (Å²) in [6.07, 6.45) is 2.18. The number of hydrogen-bond acceptors (Lipinski definition) is 5. The molecule has 17 heavy (non-hydrogen) atoms. The van der Waals surface area contributed by atoms with Crippen LogP contribution in [0.2, 0.25) is 0 Å². The van der Waals surface area contributed by atoms with Gasteiger partial charge >= 0.3 is 0 Å². The molecule has 1 aromatic rings. The molecule has 1 N–H and O–H groups in total. The van der Waals surface area contributed by atoms with Crippen molar-refractivity contribution in [3.63, 3.8) is 0 Å². The lowest BCUT2D eigenvalue weighted by Crippen LogP contribution is -2.42. The molecular formula is C11H20N2O2S2. The maximum absolute atomic E-state index is 11.5. The molecule has 1 rings (SSSR count). The molecule has 0 radical (unpaired) electrons. The third-order valence-electron chi connectivity index (χ3n) is 2.93. The average molecular weight is 276 g/mol. The first-order chi connectivity index (χ1) is 7.74. The lowest BCUT2D eigenvalue weighted by molar-refractivity contribution is 0.523. The first-order valence-corrected chi connectivity index (χ1v) is 8.30. The highest BCUT2D eigenvalue weighted by molar-refractivity contribution is 7.92. The highest BCUT2D eigenvalue weighted by Gasteiger charge is 2.29. The summed E-state index contributed by atoms with van der Waals surface area (Å²) in [6.45, 7) is 6.73. The van der Waals surface area contributed by atoms with Gasteiger partial charge in [0.1, 0.15) is 0 Å². The molecule has 0 amide bonds. The number of hydrogen-bond donors (Lipinski definition) is 1. The summed E-state index contributed by atoms with van der Waals surface area (Å²) >= 11 is 1.64. The van der Waals surface area contributed by atoms with Gasteiger partial charge in [0.05, 0.1) is 16.0 Å². The second-order valence-corrected chi connectivity index (χ2v) is 8.41. The molecule has 0 aliphatic rings. The molecule has 1 heterocycles. The van der Waals surface area contributed by atoms with E-state index in [1.54, 1.807) is 25.2 Å². The van der Waals surface area contributed by atoms with Crippen LogP contribution in [-0.2, 0) is 16.3 Å². The van der Waals surface area contributed by atoms with Gasteiger partial charge < -0.3 is 5.32 Å². The molecule has 0 aliphatic heterocycles. The van der Waals surface area contributed by atoms with Crippen LogP contribution in [0.3, 0.4) is 0 Å². The minimum Gasteiger partial charge on any atom is -0.315 e. The van der Waals surface area contributed by atoms with Crippen molar-refractivity contribution in [1.82, 2.24) is 10.3 Å². The Labute approximate surface area is 107 Å². The quantitative estimate of drug-likeness (QED) is 0.798. The molecule has 0 fully saturated rings. The van der Waals surface area contributed by atoms with E-state index in [1.807, 2.05) is 12.4 Å². The molecule has 0 atom stereocenters. The second-order valence-electron chi connectivity index (χ2n) is 4.82. The van der Waals surface area contributed by atoms with Crippen LogP contribution < -0.4 is 5.32 Å². The van der Waals surface area contributed by atoms with Crippen molar-refractivity contribution in [2.75, 3.05) is 19.3 Å². The molecule has 0 bridgehead atoms. The summed E-state index contributed by atoms with van der Waals surface area (Å²) in [5.74, 6) is 0. The molecule has 1 aromatic heterocycles. The van der Waals surface area contributed by atoms with E-state index in [1.165, 1.54) is 11.1 Å². The van der Waals surface area contributed by atoms with Gasteiger partial charge in [-0.2, -0.15) is 0 Å². The topological polar surface area (TPSA) is 59.1 Å². The summed E-state index contributed by atoms with van der Waals surface area (Å²) < 4.78 is 22.3. The maximum atomic E-state index is 11.5. The number of nitrogens with zero attached hydrogens (tertiary/aromatic N) is 1. The van der Waals surface area contributed by atoms with Gasteiger partial charge in [-0.15, -0.1) is 11.3 Å². The Kier molecular flexibility index (Phi) is 4.69. The fourth-order valence-electron chi connectivity index (χ4n) is 1.29. The molecule has 0 saturated carbocycles. The zero-order valence-electron chi connectivity index (χ0n) is 10.8. The summed E-state index contributed by atoms with van der Waals surface area (Å²) in [6, 6.07) is 0. The highest BCUT2D eigenvalue weighted by Crippen LogP contribution is 2.14. The van der Waals surface area contributed by atoms with E-state index >= 15 is 0 Å². The van der Waals surface area contributed by atoms with Gasteiger partial charge in [0.25, 0.3) is 0 Å². The zero-order chi connectivity index (χ0) is 13.1. The van der Waals surface area contributed by atoms with E-state index < -0.39 is 14.6 Å². The number of sulfone groups is 1. The fourth-order valence-corrected chi connectivity index (χ4v) is 2.43. The normalized spacial score (nSPS) is 12.9.